The van der Waals surface area contributed by atoms with Gasteiger partial charge in [0.2, 0.25) is 15.9 Å². The maximum absolute atomic E-state index is 12.9. The van der Waals surface area contributed by atoms with Gasteiger partial charge in [-0.05, 0) is 35.9 Å². The smallest absolute Gasteiger partial charge is 0.258 e. The number of rotatable bonds is 7. The molecule has 0 aromatic heterocycles. The summed E-state index contributed by atoms with van der Waals surface area (Å²) in [6, 6.07) is 23.6. The fourth-order valence-corrected chi connectivity index (χ4v) is 4.57. The Hall–Kier alpha value is -4.11. The summed E-state index contributed by atoms with van der Waals surface area (Å²) in [6.07, 6.45) is 1.05. The molecule has 0 atom stereocenters. The Labute approximate surface area is 198 Å². The molecule has 0 saturated carbocycles. The molecular formula is C25H24N4O4S. The molecule has 2 amide bonds. The Morgan fingerprint density at radius 3 is 2.24 bits per heavy atom. The molecule has 1 aliphatic heterocycles. The highest BCUT2D eigenvalue weighted by Crippen LogP contribution is 2.37. The summed E-state index contributed by atoms with van der Waals surface area (Å²) >= 11 is 0. The summed E-state index contributed by atoms with van der Waals surface area (Å²) in [5, 5.41) is 8.67. The highest BCUT2D eigenvalue weighted by atomic mass is 32.2. The first-order valence-corrected chi connectivity index (χ1v) is 12.4. The van der Waals surface area contributed by atoms with Gasteiger partial charge in [-0.25, -0.2) is 8.42 Å². The van der Waals surface area contributed by atoms with Crippen LogP contribution in [0.25, 0.3) is 11.3 Å². The summed E-state index contributed by atoms with van der Waals surface area (Å²) in [4.78, 5) is 24.7. The molecule has 8 nitrogen and oxygen atoms in total. The molecule has 9 heteroatoms. The van der Waals surface area contributed by atoms with E-state index in [2.05, 4.69) is 16.0 Å². The van der Waals surface area contributed by atoms with Crippen molar-refractivity contribution in [3.05, 3.63) is 90.0 Å². The van der Waals surface area contributed by atoms with E-state index in [9.17, 15) is 18.0 Å². The molecule has 0 saturated heterocycles. The molecule has 0 radical (unpaired) electrons. The average Bonchev–Trinajstić information content (AvgIpc) is 3.16. The SMILES string of the molecule is CNC(=O)CN(c1ccc(N/C(=C2\C(=O)Nc3ccccc32)c2ccccc2)cc1)S(C)(=O)=O. The van der Waals surface area contributed by atoms with E-state index in [1.165, 1.54) is 7.05 Å². The highest BCUT2D eigenvalue weighted by Gasteiger charge is 2.28. The van der Waals surface area contributed by atoms with E-state index >= 15 is 0 Å². The molecule has 3 N–H and O–H groups in total. The molecule has 0 bridgehead atoms. The van der Waals surface area contributed by atoms with Crippen molar-refractivity contribution in [1.82, 2.24) is 5.32 Å². The molecule has 0 aliphatic carbocycles. The van der Waals surface area contributed by atoms with E-state index in [0.29, 0.717) is 22.6 Å². The van der Waals surface area contributed by atoms with Gasteiger partial charge in [0.15, 0.2) is 0 Å². The van der Waals surface area contributed by atoms with Gasteiger partial charge in [0.05, 0.1) is 23.2 Å². The van der Waals surface area contributed by atoms with Crippen molar-refractivity contribution in [2.75, 3.05) is 34.8 Å². The minimum absolute atomic E-state index is 0.210. The molecule has 0 spiro atoms. The van der Waals surface area contributed by atoms with Gasteiger partial charge in [0, 0.05) is 24.0 Å². The zero-order valence-corrected chi connectivity index (χ0v) is 19.5. The Balaban J connectivity index is 1.73. The van der Waals surface area contributed by atoms with Crippen LogP contribution in [-0.2, 0) is 19.6 Å². The van der Waals surface area contributed by atoms with Gasteiger partial charge < -0.3 is 16.0 Å². The maximum Gasteiger partial charge on any atom is 0.258 e. The van der Waals surface area contributed by atoms with Gasteiger partial charge in [-0.15, -0.1) is 0 Å². The molecule has 1 heterocycles. The Bertz CT molecular complexity index is 1370. The lowest BCUT2D eigenvalue weighted by molar-refractivity contribution is -0.119. The lowest BCUT2D eigenvalue weighted by Crippen LogP contribution is -2.39. The van der Waals surface area contributed by atoms with Crippen LogP contribution in [0.1, 0.15) is 11.1 Å². The third-order valence-electron chi connectivity index (χ3n) is 5.38. The molecule has 174 valence electrons. The molecule has 3 aromatic carbocycles. The van der Waals surface area contributed by atoms with Crippen LogP contribution in [-0.4, -0.2) is 40.1 Å². The molecule has 0 unspecified atom stereocenters. The van der Waals surface area contributed by atoms with Gasteiger partial charge in [0.25, 0.3) is 5.91 Å². The monoisotopic (exact) mass is 476 g/mol. The van der Waals surface area contributed by atoms with Gasteiger partial charge in [0.1, 0.15) is 6.54 Å². The van der Waals surface area contributed by atoms with E-state index in [1.54, 1.807) is 24.3 Å². The second-order valence-electron chi connectivity index (χ2n) is 7.73. The van der Waals surface area contributed by atoms with Crippen LogP contribution in [0.5, 0.6) is 0 Å². The molecule has 1 aliphatic rings. The van der Waals surface area contributed by atoms with E-state index in [0.717, 1.165) is 27.4 Å². The number of nitrogens with zero attached hydrogens (tertiary/aromatic N) is 1. The zero-order chi connectivity index (χ0) is 24.3. The first-order valence-electron chi connectivity index (χ1n) is 10.5. The normalized spacial score (nSPS) is 14.1. The zero-order valence-electron chi connectivity index (χ0n) is 18.7. The third-order valence-corrected chi connectivity index (χ3v) is 6.52. The number of hydrogen-bond acceptors (Lipinski definition) is 5. The second kappa shape index (κ2) is 9.40. The number of anilines is 3. The largest absolute Gasteiger partial charge is 0.358 e. The Morgan fingerprint density at radius 1 is 0.941 bits per heavy atom. The van der Waals surface area contributed by atoms with Crippen molar-refractivity contribution in [2.24, 2.45) is 0 Å². The topological polar surface area (TPSA) is 108 Å². The van der Waals surface area contributed by atoms with E-state index < -0.39 is 15.9 Å². The Kier molecular flexibility index (Phi) is 6.38. The van der Waals surface area contributed by atoms with Crippen molar-refractivity contribution in [2.45, 2.75) is 0 Å². The van der Waals surface area contributed by atoms with Crippen molar-refractivity contribution in [1.29, 1.82) is 0 Å². The number of nitrogens with one attached hydrogen (secondary N) is 3. The summed E-state index contributed by atoms with van der Waals surface area (Å²) in [6.45, 7) is -0.321. The third kappa shape index (κ3) is 4.79. The van der Waals surface area contributed by atoms with E-state index in [-0.39, 0.29) is 12.5 Å². The standard InChI is InChI=1S/C25H24N4O4S/c1-26-22(30)16-29(34(2,32)33)19-14-12-18(13-15-19)27-24(17-8-4-3-5-9-17)23-20-10-6-7-11-21(20)28-25(23)31/h3-15,27H,16H2,1-2H3,(H,26,30)(H,28,31)/b24-23-. The summed E-state index contributed by atoms with van der Waals surface area (Å²) < 4.78 is 25.5. The molecular weight excluding hydrogens is 452 g/mol. The number of carbonyl (C=O) groups is 2. The minimum Gasteiger partial charge on any atom is -0.358 e. The van der Waals surface area contributed by atoms with Crippen LogP contribution in [0.3, 0.4) is 0 Å². The number of carbonyl (C=O) groups excluding carboxylic acids is 2. The summed E-state index contributed by atoms with van der Waals surface area (Å²) in [5.74, 6) is -0.632. The number of fused-ring (bicyclic) bond motifs is 1. The first kappa shape index (κ1) is 23.1. The predicted octanol–water partition coefficient (Wildman–Crippen LogP) is 3.13. The molecule has 3 aromatic rings. The molecule has 4 rings (SSSR count). The maximum atomic E-state index is 12.9. The van der Waals surface area contributed by atoms with Crippen molar-refractivity contribution >= 4 is 50.2 Å². The first-order chi connectivity index (χ1) is 16.3. The van der Waals surface area contributed by atoms with Crippen molar-refractivity contribution < 1.29 is 18.0 Å². The number of para-hydroxylation sites is 1. The minimum atomic E-state index is -3.67. The van der Waals surface area contributed by atoms with Crippen LogP contribution >= 0.6 is 0 Å². The predicted molar refractivity (Wildman–Crippen MR) is 135 cm³/mol. The van der Waals surface area contributed by atoms with Crippen LogP contribution in [0.4, 0.5) is 17.1 Å². The fourth-order valence-electron chi connectivity index (χ4n) is 3.71. The van der Waals surface area contributed by atoms with E-state index in [1.807, 2.05) is 54.6 Å². The number of sulfonamides is 1. The van der Waals surface area contributed by atoms with Crippen LogP contribution in [0, 0.1) is 0 Å². The molecule has 0 fully saturated rings. The summed E-state index contributed by atoms with van der Waals surface area (Å²) in [5.41, 5.74) is 4.51. The number of benzene rings is 3. The van der Waals surface area contributed by atoms with Crippen LogP contribution < -0.4 is 20.3 Å². The van der Waals surface area contributed by atoms with Crippen molar-refractivity contribution in [3.8, 4) is 0 Å². The van der Waals surface area contributed by atoms with Gasteiger partial charge in [-0.3, -0.25) is 13.9 Å². The van der Waals surface area contributed by atoms with Gasteiger partial charge in [-0.2, -0.15) is 0 Å². The van der Waals surface area contributed by atoms with Gasteiger partial charge in [-0.1, -0.05) is 48.5 Å². The number of amides is 2. The quantitative estimate of drug-likeness (QED) is 0.454. The number of hydrogen-bond donors (Lipinski definition) is 3. The fraction of sp³-hybridized carbons (Fsp3) is 0.120. The van der Waals surface area contributed by atoms with Crippen LogP contribution in [0.15, 0.2) is 78.9 Å². The lowest BCUT2D eigenvalue weighted by atomic mass is 10.00. The second-order valence-corrected chi connectivity index (χ2v) is 9.64. The molecule has 34 heavy (non-hydrogen) atoms. The van der Waals surface area contributed by atoms with E-state index in [4.69, 9.17) is 0 Å². The lowest BCUT2D eigenvalue weighted by Gasteiger charge is -2.22. The van der Waals surface area contributed by atoms with Gasteiger partial charge >= 0.3 is 0 Å². The summed E-state index contributed by atoms with van der Waals surface area (Å²) in [7, 11) is -2.22. The number of likely N-dealkylation sites (N-methyl/N-ethyl adjacent to an activating group) is 1. The van der Waals surface area contributed by atoms with Crippen LogP contribution in [0.2, 0.25) is 0 Å². The Morgan fingerprint density at radius 2 is 1.59 bits per heavy atom. The highest BCUT2D eigenvalue weighted by molar-refractivity contribution is 7.92. The average molecular weight is 477 g/mol. The van der Waals surface area contributed by atoms with Crippen molar-refractivity contribution in [3.63, 3.8) is 0 Å².